The summed E-state index contributed by atoms with van der Waals surface area (Å²) in [5.74, 6) is -0.270. The van der Waals surface area contributed by atoms with Crippen LogP contribution >= 0.6 is 0 Å². The minimum absolute atomic E-state index is 0.0297. The molecule has 0 saturated carbocycles. The maximum Gasteiger partial charge on any atom is 0.262 e. The van der Waals surface area contributed by atoms with Crippen LogP contribution in [0.2, 0.25) is 0 Å². The van der Waals surface area contributed by atoms with Gasteiger partial charge in [0.25, 0.3) is 21.8 Å². The lowest BCUT2D eigenvalue weighted by Crippen LogP contribution is -2.20. The molecule has 146 valence electrons. The van der Waals surface area contributed by atoms with E-state index >= 15 is 0 Å². The van der Waals surface area contributed by atoms with E-state index in [9.17, 15) is 18.0 Å². The van der Waals surface area contributed by atoms with Gasteiger partial charge in [0.2, 0.25) is 0 Å². The second-order valence-corrected chi connectivity index (χ2v) is 8.19. The van der Waals surface area contributed by atoms with E-state index in [1.807, 2.05) is 19.1 Å². The van der Waals surface area contributed by atoms with Crippen molar-refractivity contribution in [3.8, 4) is 11.5 Å². The molecule has 0 aliphatic carbocycles. The molecule has 3 aromatic rings. The van der Waals surface area contributed by atoms with Crippen molar-refractivity contribution in [3.05, 3.63) is 83.4 Å². The summed E-state index contributed by atoms with van der Waals surface area (Å²) in [6.45, 7) is 1.95. The molecule has 4 rings (SSSR count). The highest BCUT2D eigenvalue weighted by molar-refractivity contribution is 7.92. The molecule has 0 unspecified atom stereocenters. The quantitative estimate of drug-likeness (QED) is 0.630. The molecular weight excluding hydrogens is 392 g/mol. The number of carbonyl (C=O) groups excluding carboxylic acids is 2. The molecule has 1 aliphatic rings. The zero-order valence-electron chi connectivity index (χ0n) is 15.3. The fraction of sp³-hybridized carbons (Fsp3) is 0.0476. The van der Waals surface area contributed by atoms with Gasteiger partial charge in [-0.15, -0.1) is 0 Å². The predicted molar refractivity (Wildman–Crippen MR) is 107 cm³/mol. The molecule has 2 N–H and O–H groups in total. The summed E-state index contributed by atoms with van der Waals surface area (Å²) in [7, 11) is -4.02. The Bertz CT molecular complexity index is 1230. The van der Waals surface area contributed by atoms with Crippen molar-refractivity contribution in [2.75, 3.05) is 4.72 Å². The van der Waals surface area contributed by atoms with E-state index in [-0.39, 0.29) is 21.7 Å². The first-order valence-electron chi connectivity index (χ1n) is 8.69. The summed E-state index contributed by atoms with van der Waals surface area (Å²) in [5, 5.41) is 2.14. The molecule has 1 heterocycles. The van der Waals surface area contributed by atoms with Crippen LogP contribution in [0.3, 0.4) is 0 Å². The Balaban J connectivity index is 1.64. The Kier molecular flexibility index (Phi) is 4.56. The minimum Gasteiger partial charge on any atom is -0.455 e. The van der Waals surface area contributed by atoms with Gasteiger partial charge in [-0.25, -0.2) is 8.42 Å². The number of ether oxygens (including phenoxy) is 1. The van der Waals surface area contributed by atoms with E-state index in [1.54, 1.807) is 36.4 Å². The van der Waals surface area contributed by atoms with Gasteiger partial charge >= 0.3 is 0 Å². The van der Waals surface area contributed by atoms with Gasteiger partial charge in [-0.3, -0.25) is 19.6 Å². The first kappa shape index (κ1) is 18.7. The third-order valence-electron chi connectivity index (χ3n) is 4.40. The van der Waals surface area contributed by atoms with Crippen LogP contribution in [0.5, 0.6) is 11.5 Å². The molecule has 0 fully saturated rings. The average molecular weight is 408 g/mol. The van der Waals surface area contributed by atoms with Crippen LogP contribution in [-0.2, 0) is 10.0 Å². The summed E-state index contributed by atoms with van der Waals surface area (Å²) >= 11 is 0. The molecule has 0 spiro atoms. The number of anilines is 1. The molecular formula is C21H16N2O5S. The molecule has 0 atom stereocenters. The highest BCUT2D eigenvalue weighted by Crippen LogP contribution is 2.31. The maximum absolute atomic E-state index is 12.9. The zero-order chi connectivity index (χ0) is 20.6. The zero-order valence-corrected chi connectivity index (χ0v) is 16.1. The fourth-order valence-corrected chi connectivity index (χ4v) is 3.99. The number of fused-ring (bicyclic) bond motifs is 1. The first-order valence-corrected chi connectivity index (χ1v) is 10.2. The molecule has 1 aliphatic heterocycles. The Labute approximate surface area is 167 Å². The van der Waals surface area contributed by atoms with Crippen LogP contribution in [0.4, 0.5) is 5.69 Å². The van der Waals surface area contributed by atoms with E-state index in [1.165, 1.54) is 18.2 Å². The highest BCUT2D eigenvalue weighted by Gasteiger charge is 2.29. The molecule has 0 bridgehead atoms. The summed E-state index contributed by atoms with van der Waals surface area (Å²) in [4.78, 5) is 23.3. The number of carbonyl (C=O) groups is 2. The van der Waals surface area contributed by atoms with Crippen molar-refractivity contribution in [1.82, 2.24) is 5.32 Å². The van der Waals surface area contributed by atoms with Gasteiger partial charge in [-0.1, -0.05) is 29.8 Å². The average Bonchev–Trinajstić information content (AvgIpc) is 2.98. The number of sulfonamides is 1. The van der Waals surface area contributed by atoms with Crippen molar-refractivity contribution in [3.63, 3.8) is 0 Å². The molecule has 29 heavy (non-hydrogen) atoms. The largest absolute Gasteiger partial charge is 0.455 e. The lowest BCUT2D eigenvalue weighted by atomic mass is 10.1. The van der Waals surface area contributed by atoms with Crippen molar-refractivity contribution in [2.45, 2.75) is 11.8 Å². The van der Waals surface area contributed by atoms with E-state index in [0.717, 1.165) is 5.56 Å². The molecule has 7 nitrogen and oxygen atoms in total. The standard InChI is InChI=1S/C21H16N2O5S/c1-13-6-8-14(9-7-13)28-19-5-3-2-4-18(19)23-29(26,27)15-10-11-16-17(12-15)21(25)22-20(16)24/h2-12,23H,1H3,(H,22,24,25). The molecule has 0 aromatic heterocycles. The number of imide groups is 1. The lowest BCUT2D eigenvalue weighted by Gasteiger charge is -2.14. The van der Waals surface area contributed by atoms with E-state index in [4.69, 9.17) is 4.74 Å². The Morgan fingerprint density at radius 2 is 1.55 bits per heavy atom. The summed E-state index contributed by atoms with van der Waals surface area (Å²) in [5.41, 5.74) is 1.50. The number of nitrogens with one attached hydrogen (secondary N) is 2. The monoisotopic (exact) mass is 408 g/mol. The number of aryl methyl sites for hydroxylation is 1. The van der Waals surface area contributed by atoms with Crippen molar-refractivity contribution < 1.29 is 22.7 Å². The van der Waals surface area contributed by atoms with E-state index in [0.29, 0.717) is 11.5 Å². The van der Waals surface area contributed by atoms with Crippen molar-refractivity contribution in [2.24, 2.45) is 0 Å². The normalized spacial score (nSPS) is 13.0. The minimum atomic E-state index is -4.02. The van der Waals surface area contributed by atoms with Gasteiger partial charge in [-0.05, 0) is 49.4 Å². The lowest BCUT2D eigenvalue weighted by molar-refractivity contribution is 0.0879. The molecule has 0 saturated heterocycles. The van der Waals surface area contributed by atoms with Gasteiger partial charge in [-0.2, -0.15) is 0 Å². The molecule has 8 heteroatoms. The van der Waals surface area contributed by atoms with E-state index in [2.05, 4.69) is 10.0 Å². The van der Waals surface area contributed by atoms with Crippen LogP contribution < -0.4 is 14.8 Å². The topological polar surface area (TPSA) is 102 Å². The van der Waals surface area contributed by atoms with Gasteiger partial charge < -0.3 is 4.74 Å². The second kappa shape index (κ2) is 7.06. The number of hydrogen-bond donors (Lipinski definition) is 2. The SMILES string of the molecule is Cc1ccc(Oc2ccccc2NS(=O)(=O)c2ccc3c(c2)C(=O)NC3=O)cc1. The Morgan fingerprint density at radius 1 is 0.862 bits per heavy atom. The number of rotatable bonds is 5. The number of hydrogen-bond acceptors (Lipinski definition) is 5. The molecule has 2 amide bonds. The smallest absolute Gasteiger partial charge is 0.262 e. The summed E-state index contributed by atoms with van der Waals surface area (Å²) in [6.07, 6.45) is 0. The summed E-state index contributed by atoms with van der Waals surface area (Å²) in [6, 6.07) is 17.8. The second-order valence-electron chi connectivity index (χ2n) is 6.51. The van der Waals surface area contributed by atoms with Gasteiger partial charge in [0.05, 0.1) is 21.7 Å². The van der Waals surface area contributed by atoms with Crippen LogP contribution in [0.15, 0.2) is 71.6 Å². The first-order chi connectivity index (χ1) is 13.8. The van der Waals surface area contributed by atoms with Crippen LogP contribution in [0.25, 0.3) is 0 Å². The van der Waals surface area contributed by atoms with E-state index < -0.39 is 21.8 Å². The number of amides is 2. The molecule has 0 radical (unpaired) electrons. The van der Waals surface area contributed by atoms with Gasteiger partial charge in [0.15, 0.2) is 5.75 Å². The van der Waals surface area contributed by atoms with Gasteiger partial charge in [0, 0.05) is 0 Å². The van der Waals surface area contributed by atoms with Crippen LogP contribution in [-0.4, -0.2) is 20.2 Å². The Hall–Kier alpha value is -3.65. The highest BCUT2D eigenvalue weighted by atomic mass is 32.2. The third-order valence-corrected chi connectivity index (χ3v) is 5.76. The maximum atomic E-state index is 12.9. The fourth-order valence-electron chi connectivity index (χ4n) is 2.89. The van der Waals surface area contributed by atoms with Crippen LogP contribution in [0, 0.1) is 6.92 Å². The van der Waals surface area contributed by atoms with Crippen LogP contribution in [0.1, 0.15) is 26.3 Å². The predicted octanol–water partition coefficient (Wildman–Crippen LogP) is 3.47. The van der Waals surface area contributed by atoms with Gasteiger partial charge in [0.1, 0.15) is 5.75 Å². The number of para-hydroxylation sites is 2. The number of benzene rings is 3. The van der Waals surface area contributed by atoms with Crippen molar-refractivity contribution >= 4 is 27.5 Å². The summed E-state index contributed by atoms with van der Waals surface area (Å²) < 4.78 is 34.0. The molecule has 3 aromatic carbocycles. The van der Waals surface area contributed by atoms with Crippen molar-refractivity contribution in [1.29, 1.82) is 0 Å². The third kappa shape index (κ3) is 3.70. The Morgan fingerprint density at radius 3 is 2.31 bits per heavy atom.